The average molecular weight is 422 g/mol. The van der Waals surface area contributed by atoms with Crippen LogP contribution in [0.5, 0.6) is 0 Å². The first-order valence-electron chi connectivity index (χ1n) is 11.6. The molecule has 5 rings (SSSR count). The quantitative estimate of drug-likeness (QED) is 0.566. The molecular formula is C25H31N3O3. The first-order valence-corrected chi connectivity index (χ1v) is 11.6. The number of carbonyl (C=O) groups excluding carboxylic acids is 3. The molecule has 0 spiro atoms. The summed E-state index contributed by atoms with van der Waals surface area (Å²) in [4.78, 5) is 41.5. The van der Waals surface area contributed by atoms with E-state index >= 15 is 0 Å². The number of fused-ring (bicyclic) bond motifs is 5. The first kappa shape index (κ1) is 20.4. The molecule has 0 radical (unpaired) electrons. The summed E-state index contributed by atoms with van der Waals surface area (Å²) in [7, 11) is 0. The van der Waals surface area contributed by atoms with E-state index in [4.69, 9.17) is 0 Å². The zero-order chi connectivity index (χ0) is 21.5. The Morgan fingerprint density at radius 2 is 1.68 bits per heavy atom. The lowest BCUT2D eigenvalue weighted by Gasteiger charge is -2.30. The summed E-state index contributed by atoms with van der Waals surface area (Å²) < 4.78 is 0. The lowest BCUT2D eigenvalue weighted by molar-refractivity contribution is -0.144. The van der Waals surface area contributed by atoms with Crippen molar-refractivity contribution in [1.29, 1.82) is 0 Å². The summed E-state index contributed by atoms with van der Waals surface area (Å²) in [5, 5.41) is 2.87. The minimum atomic E-state index is -0.284. The van der Waals surface area contributed by atoms with Crippen molar-refractivity contribution < 1.29 is 14.4 Å². The number of piperidine rings is 1. The van der Waals surface area contributed by atoms with Gasteiger partial charge in [-0.15, -0.1) is 0 Å². The van der Waals surface area contributed by atoms with Crippen LogP contribution in [0.4, 0.5) is 0 Å². The fourth-order valence-electron chi connectivity index (χ4n) is 5.97. The van der Waals surface area contributed by atoms with Crippen molar-refractivity contribution in [1.82, 2.24) is 15.1 Å². The number of imide groups is 1. The van der Waals surface area contributed by atoms with Crippen LogP contribution in [0.15, 0.2) is 36.4 Å². The average Bonchev–Trinajstić information content (AvgIpc) is 3.44. The molecule has 2 bridgehead atoms. The van der Waals surface area contributed by atoms with Crippen LogP contribution in [0.3, 0.4) is 0 Å². The Balaban J connectivity index is 1.11. The van der Waals surface area contributed by atoms with Crippen LogP contribution in [-0.4, -0.2) is 47.2 Å². The van der Waals surface area contributed by atoms with Gasteiger partial charge in [0.15, 0.2) is 0 Å². The molecule has 164 valence electrons. The maximum absolute atomic E-state index is 12.7. The molecule has 2 aliphatic heterocycles. The van der Waals surface area contributed by atoms with Crippen molar-refractivity contribution in [3.8, 4) is 0 Å². The van der Waals surface area contributed by atoms with E-state index in [1.165, 1.54) is 23.3 Å². The monoisotopic (exact) mass is 421 g/mol. The zero-order valence-corrected chi connectivity index (χ0v) is 18.1. The molecule has 4 aliphatic rings. The molecule has 1 saturated carbocycles. The lowest BCUT2D eigenvalue weighted by Crippen LogP contribution is -2.41. The van der Waals surface area contributed by atoms with Crippen molar-refractivity contribution in [3.63, 3.8) is 0 Å². The molecule has 2 aliphatic carbocycles. The Labute approximate surface area is 183 Å². The van der Waals surface area contributed by atoms with Gasteiger partial charge in [-0.2, -0.15) is 0 Å². The molecule has 3 fully saturated rings. The molecule has 1 aromatic rings. The van der Waals surface area contributed by atoms with E-state index in [1.54, 1.807) is 0 Å². The smallest absolute Gasteiger partial charge is 0.240 e. The van der Waals surface area contributed by atoms with Gasteiger partial charge >= 0.3 is 0 Å². The number of benzene rings is 1. The first-order chi connectivity index (χ1) is 15.0. The second kappa shape index (κ2) is 8.23. The van der Waals surface area contributed by atoms with Gasteiger partial charge in [-0.25, -0.2) is 0 Å². The van der Waals surface area contributed by atoms with Gasteiger partial charge in [0, 0.05) is 19.6 Å². The van der Waals surface area contributed by atoms with E-state index in [0.29, 0.717) is 6.54 Å². The van der Waals surface area contributed by atoms with Crippen LogP contribution in [0.1, 0.15) is 37.3 Å². The minimum absolute atomic E-state index is 0.168. The molecular weight excluding hydrogens is 390 g/mol. The van der Waals surface area contributed by atoms with E-state index in [1.807, 2.05) is 12.1 Å². The predicted octanol–water partition coefficient (Wildman–Crippen LogP) is 2.34. The summed E-state index contributed by atoms with van der Waals surface area (Å²) in [5.74, 6) is 0.00236. The lowest BCUT2D eigenvalue weighted by atomic mass is 9.85. The van der Waals surface area contributed by atoms with E-state index in [0.717, 1.165) is 37.5 Å². The highest BCUT2D eigenvalue weighted by atomic mass is 16.2. The number of nitrogens with one attached hydrogen (secondary N) is 1. The highest BCUT2D eigenvalue weighted by Gasteiger charge is 2.59. The van der Waals surface area contributed by atoms with Gasteiger partial charge in [-0.3, -0.25) is 24.2 Å². The summed E-state index contributed by atoms with van der Waals surface area (Å²) in [5.41, 5.74) is 2.30. The fourth-order valence-corrected chi connectivity index (χ4v) is 5.97. The van der Waals surface area contributed by atoms with Crippen LogP contribution in [0.2, 0.25) is 0 Å². The van der Waals surface area contributed by atoms with Gasteiger partial charge in [-0.05, 0) is 54.7 Å². The Morgan fingerprint density at radius 1 is 1.03 bits per heavy atom. The molecule has 5 atom stereocenters. The summed E-state index contributed by atoms with van der Waals surface area (Å²) in [6.45, 7) is 5.83. The van der Waals surface area contributed by atoms with Gasteiger partial charge in [-0.1, -0.05) is 43.3 Å². The third-order valence-corrected chi connectivity index (χ3v) is 7.52. The van der Waals surface area contributed by atoms with Crippen LogP contribution in [0, 0.1) is 29.6 Å². The van der Waals surface area contributed by atoms with Gasteiger partial charge < -0.3 is 5.32 Å². The van der Waals surface area contributed by atoms with Crippen LogP contribution >= 0.6 is 0 Å². The Kier molecular flexibility index (Phi) is 5.42. The van der Waals surface area contributed by atoms with Gasteiger partial charge in [0.05, 0.1) is 11.8 Å². The molecule has 0 aromatic heterocycles. The van der Waals surface area contributed by atoms with Crippen molar-refractivity contribution in [3.05, 3.63) is 47.5 Å². The van der Waals surface area contributed by atoms with Gasteiger partial charge in [0.25, 0.3) is 0 Å². The third kappa shape index (κ3) is 3.93. The van der Waals surface area contributed by atoms with Crippen LogP contribution < -0.4 is 5.32 Å². The second-order valence-electron chi connectivity index (χ2n) is 9.84. The van der Waals surface area contributed by atoms with Gasteiger partial charge in [0.1, 0.15) is 6.54 Å². The molecule has 3 amide bonds. The predicted molar refractivity (Wildman–Crippen MR) is 116 cm³/mol. The maximum atomic E-state index is 12.7. The topological polar surface area (TPSA) is 69.7 Å². The van der Waals surface area contributed by atoms with E-state index in [-0.39, 0.29) is 47.9 Å². The van der Waals surface area contributed by atoms with Crippen molar-refractivity contribution in [2.75, 3.05) is 19.6 Å². The minimum Gasteiger partial charge on any atom is -0.350 e. The SMILES string of the molecule is C[C@@H]1CCCN(Cc2ccc(CNC(=O)CN3C(=O)[C@H]4[C@H](C3=O)[C@H]3C=C[C@H]4C3)cc2)C1. The molecule has 1 N–H and O–H groups in total. The summed E-state index contributed by atoms with van der Waals surface area (Å²) in [6, 6.07) is 8.34. The number of carbonyl (C=O) groups is 3. The zero-order valence-electron chi connectivity index (χ0n) is 18.1. The highest BCUT2D eigenvalue weighted by molar-refractivity contribution is 6.08. The summed E-state index contributed by atoms with van der Waals surface area (Å²) in [6.07, 6.45) is 7.63. The molecule has 31 heavy (non-hydrogen) atoms. The summed E-state index contributed by atoms with van der Waals surface area (Å²) >= 11 is 0. The van der Waals surface area contributed by atoms with Crippen molar-refractivity contribution in [2.45, 2.75) is 39.3 Å². The number of amides is 3. The van der Waals surface area contributed by atoms with Crippen molar-refractivity contribution in [2.24, 2.45) is 29.6 Å². The number of nitrogens with zero attached hydrogens (tertiary/aromatic N) is 2. The van der Waals surface area contributed by atoms with E-state index in [2.05, 4.69) is 41.4 Å². The maximum Gasteiger partial charge on any atom is 0.240 e. The Hall–Kier alpha value is -2.47. The largest absolute Gasteiger partial charge is 0.350 e. The fraction of sp³-hybridized carbons (Fsp3) is 0.560. The number of hydrogen-bond acceptors (Lipinski definition) is 4. The Bertz CT molecular complexity index is 879. The number of allylic oxidation sites excluding steroid dienone is 2. The van der Waals surface area contributed by atoms with Crippen LogP contribution in [0.25, 0.3) is 0 Å². The highest BCUT2D eigenvalue weighted by Crippen LogP contribution is 2.52. The Morgan fingerprint density at radius 3 is 2.32 bits per heavy atom. The number of hydrogen-bond donors (Lipinski definition) is 1. The molecule has 6 nitrogen and oxygen atoms in total. The normalized spacial score (nSPS) is 32.0. The molecule has 2 heterocycles. The second-order valence-corrected chi connectivity index (χ2v) is 9.84. The number of rotatable bonds is 6. The van der Waals surface area contributed by atoms with Crippen LogP contribution in [-0.2, 0) is 27.5 Å². The van der Waals surface area contributed by atoms with Gasteiger partial charge in [0.2, 0.25) is 17.7 Å². The number of likely N-dealkylation sites (tertiary alicyclic amines) is 2. The van der Waals surface area contributed by atoms with E-state index in [9.17, 15) is 14.4 Å². The molecule has 2 saturated heterocycles. The standard InChI is InChI=1S/C25H31N3O3/c1-16-3-2-10-27(13-16)14-18-6-4-17(5-7-18)12-26-21(29)15-28-24(30)22-19-8-9-20(11-19)23(22)25(28)31/h4-9,16,19-20,22-23H,2-3,10-15H2,1H3,(H,26,29)/t16-,19+,20+,22-,23-/m1/s1. The molecule has 6 heteroatoms. The molecule has 0 unspecified atom stereocenters. The van der Waals surface area contributed by atoms with E-state index < -0.39 is 0 Å². The molecule has 1 aromatic carbocycles. The van der Waals surface area contributed by atoms with Crippen molar-refractivity contribution >= 4 is 17.7 Å². The third-order valence-electron chi connectivity index (χ3n) is 7.52.